The SMILES string of the molecule is CN=C(NCc1cc(C(C)C)no1)NCc1ccccc1F.I. The molecule has 1 aromatic heterocycles. The molecule has 126 valence electrons. The first kappa shape index (κ1) is 19.4. The average Bonchev–Trinajstić information content (AvgIpc) is 2.98. The molecule has 5 nitrogen and oxygen atoms in total. The maximum Gasteiger partial charge on any atom is 0.191 e. The van der Waals surface area contributed by atoms with E-state index in [-0.39, 0.29) is 29.8 Å². The van der Waals surface area contributed by atoms with E-state index < -0.39 is 0 Å². The summed E-state index contributed by atoms with van der Waals surface area (Å²) in [6.07, 6.45) is 0. The van der Waals surface area contributed by atoms with E-state index in [0.717, 1.165) is 11.5 Å². The van der Waals surface area contributed by atoms with Gasteiger partial charge in [0.2, 0.25) is 0 Å². The zero-order valence-corrected chi connectivity index (χ0v) is 15.8. The lowest BCUT2D eigenvalue weighted by atomic mass is 10.1. The van der Waals surface area contributed by atoms with Gasteiger partial charge in [0, 0.05) is 25.2 Å². The zero-order chi connectivity index (χ0) is 15.9. The Morgan fingerprint density at radius 2 is 1.96 bits per heavy atom. The van der Waals surface area contributed by atoms with Crippen molar-refractivity contribution < 1.29 is 8.91 Å². The van der Waals surface area contributed by atoms with Crippen molar-refractivity contribution >= 4 is 29.9 Å². The molecule has 0 spiro atoms. The van der Waals surface area contributed by atoms with Gasteiger partial charge < -0.3 is 15.2 Å². The van der Waals surface area contributed by atoms with Crippen molar-refractivity contribution in [2.75, 3.05) is 7.05 Å². The third-order valence-electron chi connectivity index (χ3n) is 3.23. The van der Waals surface area contributed by atoms with Crippen molar-refractivity contribution in [2.24, 2.45) is 4.99 Å². The molecule has 2 aromatic rings. The average molecular weight is 432 g/mol. The third-order valence-corrected chi connectivity index (χ3v) is 3.23. The molecule has 0 saturated heterocycles. The van der Waals surface area contributed by atoms with Gasteiger partial charge in [-0.2, -0.15) is 0 Å². The number of hydrogen-bond donors (Lipinski definition) is 2. The molecular formula is C16H22FIN4O. The molecule has 7 heteroatoms. The van der Waals surface area contributed by atoms with Gasteiger partial charge >= 0.3 is 0 Å². The minimum Gasteiger partial charge on any atom is -0.359 e. The number of aromatic nitrogens is 1. The molecule has 0 aliphatic heterocycles. The smallest absolute Gasteiger partial charge is 0.191 e. The summed E-state index contributed by atoms with van der Waals surface area (Å²) in [6.45, 7) is 4.95. The first-order valence-corrected chi connectivity index (χ1v) is 7.23. The fourth-order valence-electron chi connectivity index (χ4n) is 1.90. The number of hydrogen-bond acceptors (Lipinski definition) is 3. The van der Waals surface area contributed by atoms with Crippen molar-refractivity contribution in [3.05, 3.63) is 53.2 Å². The van der Waals surface area contributed by atoms with Crippen molar-refractivity contribution in [1.82, 2.24) is 15.8 Å². The van der Waals surface area contributed by atoms with Crippen LogP contribution >= 0.6 is 24.0 Å². The zero-order valence-electron chi connectivity index (χ0n) is 13.5. The Hall–Kier alpha value is -1.64. The molecule has 0 aliphatic rings. The predicted molar refractivity (Wildman–Crippen MR) is 99.4 cm³/mol. The van der Waals surface area contributed by atoms with Crippen LogP contribution < -0.4 is 10.6 Å². The van der Waals surface area contributed by atoms with E-state index in [9.17, 15) is 4.39 Å². The number of guanidine groups is 1. The summed E-state index contributed by atoms with van der Waals surface area (Å²) in [6, 6.07) is 8.57. The molecule has 0 radical (unpaired) electrons. The van der Waals surface area contributed by atoms with Gasteiger partial charge in [-0.05, 0) is 12.0 Å². The Bertz CT molecular complexity index is 643. The Labute approximate surface area is 152 Å². The molecule has 1 aromatic carbocycles. The lowest BCUT2D eigenvalue weighted by Crippen LogP contribution is -2.36. The summed E-state index contributed by atoms with van der Waals surface area (Å²) < 4.78 is 18.8. The maximum absolute atomic E-state index is 13.5. The van der Waals surface area contributed by atoms with Crippen molar-refractivity contribution in [3.63, 3.8) is 0 Å². The first-order valence-electron chi connectivity index (χ1n) is 7.23. The molecule has 0 fully saturated rings. The van der Waals surface area contributed by atoms with Crippen LogP contribution in [-0.2, 0) is 13.1 Å². The summed E-state index contributed by atoms with van der Waals surface area (Å²) in [5, 5.41) is 10.2. The van der Waals surface area contributed by atoms with Gasteiger partial charge in [-0.3, -0.25) is 4.99 Å². The van der Waals surface area contributed by atoms with Crippen LogP contribution in [0.1, 0.15) is 36.8 Å². The monoisotopic (exact) mass is 432 g/mol. The number of nitrogens with one attached hydrogen (secondary N) is 2. The Morgan fingerprint density at radius 3 is 2.57 bits per heavy atom. The van der Waals surface area contributed by atoms with Crippen LogP contribution in [0.5, 0.6) is 0 Å². The molecule has 0 unspecified atom stereocenters. The van der Waals surface area contributed by atoms with E-state index >= 15 is 0 Å². The van der Waals surface area contributed by atoms with Crippen molar-refractivity contribution in [1.29, 1.82) is 0 Å². The van der Waals surface area contributed by atoms with Crippen molar-refractivity contribution in [2.45, 2.75) is 32.9 Å². The largest absolute Gasteiger partial charge is 0.359 e. The van der Waals surface area contributed by atoms with E-state index in [0.29, 0.717) is 30.5 Å². The van der Waals surface area contributed by atoms with Crippen LogP contribution in [0.4, 0.5) is 4.39 Å². The summed E-state index contributed by atoms with van der Waals surface area (Å²) in [4.78, 5) is 4.10. The lowest BCUT2D eigenvalue weighted by Gasteiger charge is -2.11. The number of benzene rings is 1. The first-order chi connectivity index (χ1) is 10.6. The molecule has 0 aliphatic carbocycles. The van der Waals surface area contributed by atoms with E-state index in [4.69, 9.17) is 4.52 Å². The molecule has 1 heterocycles. The van der Waals surface area contributed by atoms with Crippen LogP contribution in [0.2, 0.25) is 0 Å². The quantitative estimate of drug-likeness (QED) is 0.432. The highest BCUT2D eigenvalue weighted by molar-refractivity contribution is 14.0. The van der Waals surface area contributed by atoms with Crippen LogP contribution in [0, 0.1) is 5.82 Å². The second-order valence-corrected chi connectivity index (χ2v) is 5.24. The lowest BCUT2D eigenvalue weighted by molar-refractivity contribution is 0.372. The standard InChI is InChI=1S/C16H21FN4O.HI/c1-11(2)15-8-13(22-21-15)10-20-16(18-3)19-9-12-6-4-5-7-14(12)17;/h4-8,11H,9-10H2,1-3H3,(H2,18,19,20);1H. The van der Waals surface area contributed by atoms with Gasteiger partial charge in [0.1, 0.15) is 5.82 Å². The summed E-state index contributed by atoms with van der Waals surface area (Å²) in [5.41, 5.74) is 1.51. The highest BCUT2D eigenvalue weighted by Gasteiger charge is 2.08. The number of aliphatic imine (C=N–C) groups is 1. The topological polar surface area (TPSA) is 62.5 Å². The second-order valence-electron chi connectivity index (χ2n) is 5.24. The van der Waals surface area contributed by atoms with Gasteiger partial charge in [-0.1, -0.05) is 37.2 Å². The normalized spacial score (nSPS) is 11.3. The molecular weight excluding hydrogens is 410 g/mol. The molecule has 0 saturated carbocycles. The van der Waals surface area contributed by atoms with Crippen LogP contribution in [0.25, 0.3) is 0 Å². The number of rotatable bonds is 5. The van der Waals surface area contributed by atoms with Crippen LogP contribution in [0.15, 0.2) is 39.8 Å². The Kier molecular flexibility index (Phi) is 8.01. The van der Waals surface area contributed by atoms with E-state index in [2.05, 4.69) is 34.6 Å². The Morgan fingerprint density at radius 1 is 1.26 bits per heavy atom. The maximum atomic E-state index is 13.5. The van der Waals surface area contributed by atoms with Crippen LogP contribution in [-0.4, -0.2) is 18.2 Å². The molecule has 23 heavy (non-hydrogen) atoms. The molecule has 0 atom stereocenters. The summed E-state index contributed by atoms with van der Waals surface area (Å²) in [5.74, 6) is 1.40. The number of halogens is 2. The number of nitrogens with zero attached hydrogens (tertiary/aromatic N) is 2. The summed E-state index contributed by atoms with van der Waals surface area (Å²) >= 11 is 0. The van der Waals surface area contributed by atoms with Gasteiger partial charge in [-0.15, -0.1) is 24.0 Å². The van der Waals surface area contributed by atoms with Crippen molar-refractivity contribution in [3.8, 4) is 0 Å². The molecule has 2 rings (SSSR count). The second kappa shape index (κ2) is 9.49. The van der Waals surface area contributed by atoms with E-state index in [1.54, 1.807) is 25.2 Å². The van der Waals surface area contributed by atoms with Gasteiger partial charge in [0.05, 0.1) is 12.2 Å². The van der Waals surface area contributed by atoms with Gasteiger partial charge in [0.15, 0.2) is 11.7 Å². The van der Waals surface area contributed by atoms with Crippen LogP contribution in [0.3, 0.4) is 0 Å². The van der Waals surface area contributed by atoms with Gasteiger partial charge in [0.25, 0.3) is 0 Å². The predicted octanol–water partition coefficient (Wildman–Crippen LogP) is 3.42. The minimum absolute atomic E-state index is 0. The third kappa shape index (κ3) is 5.81. The highest BCUT2D eigenvalue weighted by Crippen LogP contribution is 2.13. The minimum atomic E-state index is -0.234. The highest BCUT2D eigenvalue weighted by atomic mass is 127. The fraction of sp³-hybridized carbons (Fsp3) is 0.375. The fourth-order valence-corrected chi connectivity index (χ4v) is 1.90. The Balaban J connectivity index is 0.00000264. The van der Waals surface area contributed by atoms with Gasteiger partial charge in [-0.25, -0.2) is 4.39 Å². The molecule has 0 bridgehead atoms. The molecule has 0 amide bonds. The summed E-state index contributed by atoms with van der Waals surface area (Å²) in [7, 11) is 1.66. The van der Waals surface area contributed by atoms with E-state index in [1.165, 1.54) is 6.07 Å². The molecule has 2 N–H and O–H groups in total. The van der Waals surface area contributed by atoms with E-state index in [1.807, 2.05) is 6.07 Å².